The van der Waals surface area contributed by atoms with Gasteiger partial charge in [-0.05, 0) is 31.0 Å². The summed E-state index contributed by atoms with van der Waals surface area (Å²) in [4.78, 5) is 14.5. The normalized spacial score (nSPS) is 17.2. The number of halogens is 1. The maximum Gasteiger partial charge on any atom is 0.243 e. The molecule has 2 aromatic carbocycles. The minimum Gasteiger partial charge on any atom is -0.493 e. The molecule has 0 radical (unpaired) electrons. The molecule has 7 nitrogen and oxygen atoms in total. The van der Waals surface area contributed by atoms with E-state index in [-0.39, 0.29) is 29.7 Å². The van der Waals surface area contributed by atoms with Crippen LogP contribution in [0.25, 0.3) is 0 Å². The summed E-state index contributed by atoms with van der Waals surface area (Å²) >= 11 is 0. The Morgan fingerprint density at radius 3 is 2.55 bits per heavy atom. The summed E-state index contributed by atoms with van der Waals surface area (Å²) in [5, 5.41) is 0. The summed E-state index contributed by atoms with van der Waals surface area (Å²) in [5.41, 5.74) is 0.420. The zero-order valence-corrected chi connectivity index (χ0v) is 18.7. The van der Waals surface area contributed by atoms with Crippen LogP contribution in [0.4, 0.5) is 4.39 Å². The fraction of sp³-hybridized carbons (Fsp3) is 0.409. The third kappa shape index (κ3) is 4.99. The van der Waals surface area contributed by atoms with E-state index in [4.69, 9.17) is 9.47 Å². The second kappa shape index (κ2) is 9.65. The van der Waals surface area contributed by atoms with Gasteiger partial charge in [0.25, 0.3) is 0 Å². The number of carbonyl (C=O) groups is 1. The van der Waals surface area contributed by atoms with Gasteiger partial charge in [-0.2, -0.15) is 4.31 Å². The van der Waals surface area contributed by atoms with Gasteiger partial charge in [0.1, 0.15) is 5.82 Å². The first kappa shape index (κ1) is 23.0. The molecule has 1 aliphatic rings. The average molecular weight is 451 g/mol. The van der Waals surface area contributed by atoms with Crippen molar-refractivity contribution in [3.8, 4) is 11.5 Å². The second-order valence-electron chi connectivity index (χ2n) is 7.50. The molecule has 3 rings (SSSR count). The summed E-state index contributed by atoms with van der Waals surface area (Å²) in [6.45, 7) is 0.541. The van der Waals surface area contributed by atoms with Crippen molar-refractivity contribution in [2.45, 2.75) is 24.3 Å². The predicted octanol–water partition coefficient (Wildman–Crippen LogP) is 2.90. The minimum atomic E-state index is -3.81. The van der Waals surface area contributed by atoms with Gasteiger partial charge in [-0.3, -0.25) is 4.79 Å². The smallest absolute Gasteiger partial charge is 0.243 e. The highest BCUT2D eigenvalue weighted by atomic mass is 32.2. The van der Waals surface area contributed by atoms with Crippen molar-refractivity contribution in [1.29, 1.82) is 0 Å². The highest BCUT2D eigenvalue weighted by Crippen LogP contribution is 2.32. The lowest BCUT2D eigenvalue weighted by atomic mass is 9.98. The summed E-state index contributed by atoms with van der Waals surface area (Å²) in [7, 11) is 0.714. The first-order chi connectivity index (χ1) is 14.8. The van der Waals surface area contributed by atoms with E-state index in [2.05, 4.69) is 0 Å². The molecule has 0 saturated carbocycles. The minimum absolute atomic E-state index is 0.0805. The Labute approximate surface area is 182 Å². The van der Waals surface area contributed by atoms with E-state index in [1.165, 1.54) is 41.6 Å². The van der Waals surface area contributed by atoms with Crippen LogP contribution in [0.15, 0.2) is 47.4 Å². The number of amides is 1. The zero-order chi connectivity index (χ0) is 22.6. The maximum absolute atomic E-state index is 13.9. The summed E-state index contributed by atoms with van der Waals surface area (Å²) in [5.74, 6) is -0.305. The highest BCUT2D eigenvalue weighted by Gasteiger charge is 2.35. The van der Waals surface area contributed by atoms with Crippen LogP contribution in [-0.2, 0) is 21.4 Å². The van der Waals surface area contributed by atoms with E-state index in [0.29, 0.717) is 36.4 Å². The first-order valence-electron chi connectivity index (χ1n) is 9.98. The molecule has 0 aromatic heterocycles. The van der Waals surface area contributed by atoms with Crippen LogP contribution >= 0.6 is 0 Å². The number of hydrogen-bond acceptors (Lipinski definition) is 5. The molecule has 0 bridgehead atoms. The van der Waals surface area contributed by atoms with Gasteiger partial charge in [0, 0.05) is 38.3 Å². The van der Waals surface area contributed by atoms with Crippen LogP contribution in [0.5, 0.6) is 11.5 Å². The average Bonchev–Trinajstić information content (AvgIpc) is 2.79. The molecular weight excluding hydrogens is 423 g/mol. The Hall–Kier alpha value is -2.65. The third-order valence-corrected chi connectivity index (χ3v) is 7.33. The molecule has 1 fully saturated rings. The molecule has 1 amide bonds. The number of piperidine rings is 1. The van der Waals surface area contributed by atoms with Gasteiger partial charge in [0.05, 0.1) is 25.0 Å². The van der Waals surface area contributed by atoms with Crippen LogP contribution in [0.2, 0.25) is 0 Å². The Balaban J connectivity index is 1.74. The molecule has 1 aliphatic heterocycles. The molecule has 168 valence electrons. The van der Waals surface area contributed by atoms with E-state index < -0.39 is 15.9 Å². The van der Waals surface area contributed by atoms with Gasteiger partial charge in [-0.15, -0.1) is 0 Å². The van der Waals surface area contributed by atoms with Crippen LogP contribution in [0.1, 0.15) is 18.4 Å². The van der Waals surface area contributed by atoms with Crippen molar-refractivity contribution in [1.82, 2.24) is 9.21 Å². The highest BCUT2D eigenvalue weighted by molar-refractivity contribution is 7.89. The van der Waals surface area contributed by atoms with Crippen molar-refractivity contribution < 1.29 is 27.1 Å². The van der Waals surface area contributed by atoms with Crippen LogP contribution in [-0.4, -0.2) is 57.9 Å². The molecule has 1 unspecified atom stereocenters. The van der Waals surface area contributed by atoms with Gasteiger partial charge in [0.15, 0.2) is 11.5 Å². The van der Waals surface area contributed by atoms with Gasteiger partial charge in [-0.1, -0.05) is 18.2 Å². The topological polar surface area (TPSA) is 76.2 Å². The van der Waals surface area contributed by atoms with E-state index >= 15 is 0 Å². The standard InChI is InChI=1S/C22H27FN2O5S/c1-24(14-16-7-4-5-9-19(16)23)22(26)17-8-6-12-25(15-17)31(27,28)18-10-11-20(29-2)21(13-18)30-3/h4-5,7,9-11,13,17H,6,8,12,14-15H2,1-3H3. The number of hydrogen-bond donors (Lipinski definition) is 0. The molecule has 0 N–H and O–H groups in total. The number of carbonyl (C=O) groups excluding carboxylic acids is 1. The lowest BCUT2D eigenvalue weighted by Gasteiger charge is -2.33. The van der Waals surface area contributed by atoms with Gasteiger partial charge in [-0.25, -0.2) is 12.8 Å². The van der Waals surface area contributed by atoms with Crippen molar-refractivity contribution >= 4 is 15.9 Å². The van der Waals surface area contributed by atoms with E-state index in [0.717, 1.165) is 0 Å². The number of rotatable bonds is 7. The number of nitrogens with zero attached hydrogens (tertiary/aromatic N) is 2. The second-order valence-corrected chi connectivity index (χ2v) is 9.44. The molecule has 2 aromatic rings. The molecule has 1 saturated heterocycles. The molecule has 0 aliphatic carbocycles. The quantitative estimate of drug-likeness (QED) is 0.648. The lowest BCUT2D eigenvalue weighted by molar-refractivity contribution is -0.135. The summed E-state index contributed by atoms with van der Waals surface area (Å²) < 4.78 is 52.0. The Morgan fingerprint density at radius 2 is 1.87 bits per heavy atom. The number of sulfonamides is 1. The van der Waals surface area contributed by atoms with Crippen LogP contribution in [0, 0.1) is 11.7 Å². The molecule has 0 spiro atoms. The Bertz CT molecular complexity index is 1040. The predicted molar refractivity (Wildman–Crippen MR) is 114 cm³/mol. The van der Waals surface area contributed by atoms with E-state index in [1.54, 1.807) is 31.3 Å². The molecule has 9 heteroatoms. The maximum atomic E-state index is 13.9. The zero-order valence-electron chi connectivity index (χ0n) is 17.9. The Morgan fingerprint density at radius 1 is 1.16 bits per heavy atom. The molecule has 1 atom stereocenters. The van der Waals surface area contributed by atoms with Crippen molar-refractivity contribution in [3.63, 3.8) is 0 Å². The van der Waals surface area contributed by atoms with Crippen molar-refractivity contribution in [3.05, 3.63) is 53.8 Å². The fourth-order valence-corrected chi connectivity index (χ4v) is 5.30. The largest absolute Gasteiger partial charge is 0.493 e. The lowest BCUT2D eigenvalue weighted by Crippen LogP contribution is -2.45. The molecule has 31 heavy (non-hydrogen) atoms. The van der Waals surface area contributed by atoms with Crippen LogP contribution in [0.3, 0.4) is 0 Å². The van der Waals surface area contributed by atoms with Crippen LogP contribution < -0.4 is 9.47 Å². The third-order valence-electron chi connectivity index (χ3n) is 5.47. The van der Waals surface area contributed by atoms with Crippen molar-refractivity contribution in [2.24, 2.45) is 5.92 Å². The first-order valence-corrected chi connectivity index (χ1v) is 11.4. The van der Waals surface area contributed by atoms with E-state index in [1.807, 2.05) is 0 Å². The van der Waals surface area contributed by atoms with Gasteiger partial charge < -0.3 is 14.4 Å². The van der Waals surface area contributed by atoms with Gasteiger partial charge in [0.2, 0.25) is 15.9 Å². The Kier molecular flexibility index (Phi) is 7.17. The van der Waals surface area contributed by atoms with Gasteiger partial charge >= 0.3 is 0 Å². The SMILES string of the molecule is COc1ccc(S(=O)(=O)N2CCCC(C(=O)N(C)Cc3ccccc3F)C2)cc1OC. The molecular formula is C22H27FN2O5S. The number of methoxy groups -OCH3 is 2. The molecule has 1 heterocycles. The summed E-state index contributed by atoms with van der Waals surface area (Å²) in [6.07, 6.45) is 1.15. The van der Waals surface area contributed by atoms with E-state index in [9.17, 15) is 17.6 Å². The van der Waals surface area contributed by atoms with Crippen molar-refractivity contribution in [2.75, 3.05) is 34.4 Å². The number of ether oxygens (including phenoxy) is 2. The summed E-state index contributed by atoms with van der Waals surface area (Å²) in [6, 6.07) is 10.7. The fourth-order valence-electron chi connectivity index (χ4n) is 3.76. The number of benzene rings is 2. The monoisotopic (exact) mass is 450 g/mol.